The summed E-state index contributed by atoms with van der Waals surface area (Å²) in [4.78, 5) is 13.5. The van der Waals surface area contributed by atoms with E-state index in [1.807, 2.05) is 29.8 Å². The van der Waals surface area contributed by atoms with E-state index in [1.54, 1.807) is 40.4 Å². The third-order valence-corrected chi connectivity index (χ3v) is 6.61. The Balaban J connectivity index is 1.58. The lowest BCUT2D eigenvalue weighted by molar-refractivity contribution is -0.120. The summed E-state index contributed by atoms with van der Waals surface area (Å²) in [6.45, 7) is 0.354. The molecule has 26 heavy (non-hydrogen) atoms. The number of hydrogen-bond acceptors (Lipinski definition) is 5. The molecule has 3 rings (SSSR count). The van der Waals surface area contributed by atoms with Gasteiger partial charge in [-0.1, -0.05) is 24.3 Å². The Morgan fingerprint density at radius 2 is 1.96 bits per heavy atom. The zero-order valence-corrected chi connectivity index (χ0v) is 15.6. The van der Waals surface area contributed by atoms with Gasteiger partial charge in [-0.25, -0.2) is 8.42 Å². The molecule has 8 heteroatoms. The van der Waals surface area contributed by atoms with Crippen molar-refractivity contribution in [2.45, 2.75) is 17.4 Å². The number of thiophene rings is 1. The predicted molar refractivity (Wildman–Crippen MR) is 101 cm³/mol. The second-order valence-corrected chi connectivity index (χ2v) is 8.79. The van der Waals surface area contributed by atoms with Crippen molar-refractivity contribution in [2.24, 2.45) is 0 Å². The second kappa shape index (κ2) is 8.29. The molecule has 0 aliphatic rings. The first-order chi connectivity index (χ1) is 12.6. The first-order valence-electron chi connectivity index (χ1n) is 8.13. The Bertz CT molecular complexity index is 887. The molecular weight excluding hydrogens is 370 g/mol. The van der Waals surface area contributed by atoms with Gasteiger partial charge >= 0.3 is 0 Å². The number of nitrogens with one attached hydrogen (secondary N) is 1. The van der Waals surface area contributed by atoms with Crippen LogP contribution in [-0.2, 0) is 14.6 Å². The monoisotopic (exact) mass is 389 g/mol. The minimum absolute atomic E-state index is 0.0759. The van der Waals surface area contributed by atoms with Crippen LogP contribution in [0.25, 0.3) is 0 Å². The van der Waals surface area contributed by atoms with Crippen LogP contribution >= 0.6 is 11.3 Å². The maximum atomic E-state index is 12.3. The quantitative estimate of drug-likeness (QED) is 0.642. The molecule has 2 aromatic heterocycles. The average molecular weight is 390 g/mol. The van der Waals surface area contributed by atoms with Crippen LogP contribution in [0, 0.1) is 0 Å². The number of aromatic nitrogens is 2. The lowest BCUT2D eigenvalue weighted by Gasteiger charge is -2.17. The highest BCUT2D eigenvalue weighted by atomic mass is 32.2. The van der Waals surface area contributed by atoms with Gasteiger partial charge in [0.1, 0.15) is 6.04 Å². The van der Waals surface area contributed by atoms with Crippen LogP contribution in [0.15, 0.2) is 71.2 Å². The first kappa shape index (κ1) is 18.3. The predicted octanol–water partition coefficient (Wildman–Crippen LogP) is 2.51. The summed E-state index contributed by atoms with van der Waals surface area (Å²) in [6.07, 6.45) is 3.46. The van der Waals surface area contributed by atoms with Crippen LogP contribution in [0.4, 0.5) is 0 Å². The van der Waals surface area contributed by atoms with E-state index >= 15 is 0 Å². The van der Waals surface area contributed by atoms with Crippen molar-refractivity contribution in [3.63, 3.8) is 0 Å². The van der Waals surface area contributed by atoms with Crippen molar-refractivity contribution < 1.29 is 13.2 Å². The molecule has 6 nitrogen and oxygen atoms in total. The first-order valence-corrected chi connectivity index (χ1v) is 10.7. The Labute approximate surface area is 156 Å². The van der Waals surface area contributed by atoms with Gasteiger partial charge in [0.15, 0.2) is 9.84 Å². The third kappa shape index (κ3) is 4.59. The van der Waals surface area contributed by atoms with Gasteiger partial charge in [0.2, 0.25) is 5.91 Å². The molecule has 0 aliphatic carbocycles. The number of amides is 1. The molecule has 1 atom stereocenters. The molecule has 1 aromatic carbocycles. The lowest BCUT2D eigenvalue weighted by Crippen LogP contribution is -2.32. The highest BCUT2D eigenvalue weighted by Gasteiger charge is 2.19. The standard InChI is InChI=1S/C18H19N3O3S2/c22-18(9-13-26(23,24)15-6-2-1-3-7-15)19-14-16(17-8-4-12-25-17)21-11-5-10-20-21/h1-8,10-12,16H,9,13-14H2,(H,19,22)/t16-/m1/s1. The Hall–Kier alpha value is -2.45. The molecule has 1 amide bonds. The summed E-state index contributed by atoms with van der Waals surface area (Å²) >= 11 is 1.59. The second-order valence-electron chi connectivity index (χ2n) is 5.70. The summed E-state index contributed by atoms with van der Waals surface area (Å²) in [7, 11) is -3.46. The van der Waals surface area contributed by atoms with E-state index in [-0.39, 0.29) is 29.0 Å². The van der Waals surface area contributed by atoms with Crippen molar-refractivity contribution in [1.82, 2.24) is 15.1 Å². The molecule has 3 aromatic rings. The summed E-state index contributed by atoms with van der Waals surface area (Å²) < 4.78 is 26.3. The van der Waals surface area contributed by atoms with Gasteiger partial charge in [0.25, 0.3) is 0 Å². The van der Waals surface area contributed by atoms with Crippen LogP contribution < -0.4 is 5.32 Å². The van der Waals surface area contributed by atoms with Gasteiger partial charge in [0.05, 0.1) is 10.6 Å². The fourth-order valence-corrected chi connectivity index (χ4v) is 4.62. The van der Waals surface area contributed by atoms with E-state index in [4.69, 9.17) is 0 Å². The van der Waals surface area contributed by atoms with Crippen molar-refractivity contribution in [2.75, 3.05) is 12.3 Å². The zero-order chi connectivity index (χ0) is 18.4. The van der Waals surface area contributed by atoms with E-state index in [0.717, 1.165) is 4.88 Å². The van der Waals surface area contributed by atoms with Gasteiger partial charge in [-0.05, 0) is 29.6 Å². The summed E-state index contributed by atoms with van der Waals surface area (Å²) in [6, 6.07) is 13.8. The van der Waals surface area contributed by atoms with E-state index in [0.29, 0.717) is 6.54 Å². The topological polar surface area (TPSA) is 81.1 Å². The summed E-state index contributed by atoms with van der Waals surface area (Å²) in [5.41, 5.74) is 0. The molecule has 0 saturated carbocycles. The highest BCUT2D eigenvalue weighted by molar-refractivity contribution is 7.91. The van der Waals surface area contributed by atoms with E-state index in [2.05, 4.69) is 10.4 Å². The van der Waals surface area contributed by atoms with Crippen molar-refractivity contribution in [3.8, 4) is 0 Å². The Morgan fingerprint density at radius 1 is 1.15 bits per heavy atom. The van der Waals surface area contributed by atoms with Gasteiger partial charge in [-0.3, -0.25) is 9.48 Å². The van der Waals surface area contributed by atoms with E-state index in [1.165, 1.54) is 12.1 Å². The minimum Gasteiger partial charge on any atom is -0.354 e. The van der Waals surface area contributed by atoms with Crippen molar-refractivity contribution >= 4 is 27.1 Å². The number of benzene rings is 1. The number of hydrogen-bond donors (Lipinski definition) is 1. The van der Waals surface area contributed by atoms with Crippen LogP contribution in [0.5, 0.6) is 0 Å². The zero-order valence-electron chi connectivity index (χ0n) is 14.0. The number of nitrogens with zero attached hydrogens (tertiary/aromatic N) is 2. The van der Waals surface area contributed by atoms with Gasteiger partial charge < -0.3 is 5.32 Å². The molecule has 2 heterocycles. The van der Waals surface area contributed by atoms with Crippen molar-refractivity contribution in [1.29, 1.82) is 0 Å². The van der Waals surface area contributed by atoms with Gasteiger partial charge in [0, 0.05) is 30.2 Å². The van der Waals surface area contributed by atoms with Crippen LogP contribution in [0.2, 0.25) is 0 Å². The largest absolute Gasteiger partial charge is 0.354 e. The number of rotatable bonds is 8. The van der Waals surface area contributed by atoms with Crippen molar-refractivity contribution in [3.05, 3.63) is 71.2 Å². The smallest absolute Gasteiger partial charge is 0.221 e. The number of carbonyl (C=O) groups excluding carboxylic acids is 1. The fraction of sp³-hybridized carbons (Fsp3) is 0.222. The van der Waals surface area contributed by atoms with E-state index in [9.17, 15) is 13.2 Å². The molecule has 0 bridgehead atoms. The number of sulfone groups is 1. The third-order valence-electron chi connectivity index (χ3n) is 3.91. The summed E-state index contributed by atoms with van der Waals surface area (Å²) in [5, 5.41) is 9.05. The van der Waals surface area contributed by atoms with Crippen LogP contribution in [0.1, 0.15) is 17.3 Å². The Morgan fingerprint density at radius 3 is 2.62 bits per heavy atom. The van der Waals surface area contributed by atoms with E-state index < -0.39 is 9.84 Å². The SMILES string of the molecule is O=C(CCS(=O)(=O)c1ccccc1)NC[C@H](c1cccs1)n1cccn1. The molecule has 0 saturated heterocycles. The molecule has 136 valence electrons. The normalized spacial score (nSPS) is 12.6. The maximum absolute atomic E-state index is 12.3. The molecule has 1 N–H and O–H groups in total. The van der Waals surface area contributed by atoms with Crippen LogP contribution in [0.3, 0.4) is 0 Å². The fourth-order valence-electron chi connectivity index (χ4n) is 2.54. The minimum atomic E-state index is -3.46. The molecular formula is C18H19N3O3S2. The molecule has 0 spiro atoms. The molecule has 0 unspecified atom stereocenters. The summed E-state index contributed by atoms with van der Waals surface area (Å²) in [5.74, 6) is -0.507. The highest BCUT2D eigenvalue weighted by Crippen LogP contribution is 2.22. The molecule has 0 aliphatic heterocycles. The maximum Gasteiger partial charge on any atom is 0.221 e. The lowest BCUT2D eigenvalue weighted by atomic mass is 10.2. The number of carbonyl (C=O) groups is 1. The van der Waals surface area contributed by atoms with Gasteiger partial charge in [-0.2, -0.15) is 5.10 Å². The van der Waals surface area contributed by atoms with Gasteiger partial charge in [-0.15, -0.1) is 11.3 Å². The Kier molecular flexibility index (Phi) is 5.85. The molecule has 0 fully saturated rings. The molecule has 0 radical (unpaired) electrons. The van der Waals surface area contributed by atoms with Crippen LogP contribution in [-0.4, -0.2) is 36.4 Å². The average Bonchev–Trinajstić information content (AvgIpc) is 3.36.